The van der Waals surface area contributed by atoms with Gasteiger partial charge in [0.15, 0.2) is 5.65 Å². The maximum Gasteiger partial charge on any atom is 0.252 e. The number of aryl methyl sites for hydroxylation is 2. The molecule has 0 unspecified atom stereocenters. The Bertz CT molecular complexity index is 1460. The van der Waals surface area contributed by atoms with Crippen molar-refractivity contribution in [1.82, 2.24) is 24.8 Å². The zero-order chi connectivity index (χ0) is 25.2. The molecule has 35 heavy (non-hydrogen) atoms. The van der Waals surface area contributed by atoms with Gasteiger partial charge in [0.1, 0.15) is 0 Å². The van der Waals surface area contributed by atoms with E-state index in [4.69, 9.17) is 4.98 Å². The fourth-order valence-corrected chi connectivity index (χ4v) is 5.46. The summed E-state index contributed by atoms with van der Waals surface area (Å²) in [5, 5.41) is 8.17. The number of nitrogens with zero attached hydrogens (tertiary/aromatic N) is 3. The molecule has 182 valence electrons. The molecule has 0 spiro atoms. The number of fused-ring (bicyclic) bond motifs is 1. The SMILES string of the molecule is Cc1nn(C)c2nc(-c3ccccc3)cc(C(=O)NCc3ccc(CS(=O)(=O)NC(C)C)cc3)c12. The van der Waals surface area contributed by atoms with Gasteiger partial charge >= 0.3 is 0 Å². The van der Waals surface area contributed by atoms with Crippen LogP contribution in [0.25, 0.3) is 22.3 Å². The van der Waals surface area contributed by atoms with Gasteiger partial charge in [0, 0.05) is 25.2 Å². The van der Waals surface area contributed by atoms with Crippen LogP contribution in [0.15, 0.2) is 60.7 Å². The quantitative estimate of drug-likeness (QED) is 0.391. The molecule has 2 aromatic heterocycles. The van der Waals surface area contributed by atoms with E-state index in [0.29, 0.717) is 29.0 Å². The maximum absolute atomic E-state index is 13.3. The molecule has 0 aliphatic rings. The number of benzene rings is 2. The molecular formula is C26H29N5O3S. The first-order valence-corrected chi connectivity index (χ1v) is 13.0. The van der Waals surface area contributed by atoms with Gasteiger partial charge in [-0.1, -0.05) is 54.6 Å². The van der Waals surface area contributed by atoms with E-state index in [1.165, 1.54) is 0 Å². The van der Waals surface area contributed by atoms with Crippen molar-refractivity contribution >= 4 is 27.0 Å². The van der Waals surface area contributed by atoms with Gasteiger partial charge in [-0.3, -0.25) is 9.48 Å². The summed E-state index contributed by atoms with van der Waals surface area (Å²) in [6.07, 6.45) is 0. The Balaban J connectivity index is 1.54. The van der Waals surface area contributed by atoms with E-state index in [1.54, 1.807) is 36.7 Å². The molecule has 0 saturated carbocycles. The first-order valence-electron chi connectivity index (χ1n) is 11.4. The number of amides is 1. The van der Waals surface area contributed by atoms with Crippen LogP contribution in [-0.4, -0.2) is 35.1 Å². The van der Waals surface area contributed by atoms with Crippen LogP contribution in [0.5, 0.6) is 0 Å². The van der Waals surface area contributed by atoms with Crippen molar-refractivity contribution in [3.05, 3.63) is 83.0 Å². The Morgan fingerprint density at radius 2 is 1.69 bits per heavy atom. The van der Waals surface area contributed by atoms with E-state index >= 15 is 0 Å². The lowest BCUT2D eigenvalue weighted by molar-refractivity contribution is 0.0952. The monoisotopic (exact) mass is 491 g/mol. The molecule has 4 rings (SSSR count). The topological polar surface area (TPSA) is 106 Å². The van der Waals surface area contributed by atoms with Gasteiger partial charge in [0.05, 0.1) is 28.1 Å². The summed E-state index contributed by atoms with van der Waals surface area (Å²) in [4.78, 5) is 18.0. The second-order valence-corrected chi connectivity index (χ2v) is 10.6. The van der Waals surface area contributed by atoms with Crippen LogP contribution in [0.3, 0.4) is 0 Å². The minimum Gasteiger partial charge on any atom is -0.348 e. The number of carbonyl (C=O) groups excluding carboxylic acids is 1. The average Bonchev–Trinajstić information content (AvgIpc) is 3.10. The van der Waals surface area contributed by atoms with E-state index in [2.05, 4.69) is 15.1 Å². The highest BCUT2D eigenvalue weighted by atomic mass is 32.2. The Morgan fingerprint density at radius 1 is 1.03 bits per heavy atom. The number of pyridine rings is 1. The maximum atomic E-state index is 13.3. The van der Waals surface area contributed by atoms with Crippen molar-refractivity contribution in [2.75, 3.05) is 0 Å². The molecular weight excluding hydrogens is 462 g/mol. The van der Waals surface area contributed by atoms with Gasteiger partial charge in [-0.05, 0) is 38.0 Å². The van der Waals surface area contributed by atoms with Crippen molar-refractivity contribution in [3.63, 3.8) is 0 Å². The first-order chi connectivity index (χ1) is 16.6. The van der Waals surface area contributed by atoms with E-state index < -0.39 is 10.0 Å². The summed E-state index contributed by atoms with van der Waals surface area (Å²) in [7, 11) is -1.58. The predicted octanol–water partition coefficient (Wildman–Crippen LogP) is 3.70. The Hall–Kier alpha value is -3.56. The number of hydrogen-bond donors (Lipinski definition) is 2. The van der Waals surface area contributed by atoms with E-state index in [9.17, 15) is 13.2 Å². The standard InChI is InChI=1S/C26H29N5O3S/c1-17(2)30-35(33,34)16-20-12-10-19(11-13-20)15-27-26(32)22-14-23(21-8-6-5-7-9-21)28-25-24(22)18(3)29-31(25)4/h5-14,17,30H,15-16H2,1-4H3,(H,27,32). The summed E-state index contributed by atoms with van der Waals surface area (Å²) < 4.78 is 28.6. The fraction of sp³-hybridized carbons (Fsp3) is 0.269. The highest BCUT2D eigenvalue weighted by molar-refractivity contribution is 7.88. The number of nitrogens with one attached hydrogen (secondary N) is 2. The molecule has 0 aliphatic carbocycles. The Labute approximate surface area is 205 Å². The minimum atomic E-state index is -3.39. The summed E-state index contributed by atoms with van der Waals surface area (Å²) in [5.41, 5.74) is 5.07. The van der Waals surface area contributed by atoms with Crippen LogP contribution in [-0.2, 0) is 29.4 Å². The largest absolute Gasteiger partial charge is 0.348 e. The minimum absolute atomic E-state index is 0.0879. The lowest BCUT2D eigenvalue weighted by Gasteiger charge is -2.11. The van der Waals surface area contributed by atoms with Crippen LogP contribution in [0, 0.1) is 6.92 Å². The number of carbonyl (C=O) groups is 1. The Morgan fingerprint density at radius 3 is 2.34 bits per heavy atom. The first kappa shape index (κ1) is 24.6. The van der Waals surface area contributed by atoms with Crippen molar-refractivity contribution in [2.45, 2.75) is 39.1 Å². The summed E-state index contributed by atoms with van der Waals surface area (Å²) in [6.45, 7) is 5.75. The zero-order valence-electron chi connectivity index (χ0n) is 20.2. The van der Waals surface area contributed by atoms with Crippen LogP contribution < -0.4 is 10.0 Å². The predicted molar refractivity (Wildman–Crippen MR) is 137 cm³/mol. The van der Waals surface area contributed by atoms with Gasteiger partial charge in [0.25, 0.3) is 5.91 Å². The zero-order valence-corrected chi connectivity index (χ0v) is 21.1. The number of aromatic nitrogens is 3. The highest BCUT2D eigenvalue weighted by Gasteiger charge is 2.19. The van der Waals surface area contributed by atoms with Crippen molar-refractivity contribution in [2.24, 2.45) is 7.05 Å². The van der Waals surface area contributed by atoms with E-state index in [0.717, 1.165) is 22.2 Å². The summed E-state index contributed by atoms with van der Waals surface area (Å²) in [5.74, 6) is -0.312. The van der Waals surface area contributed by atoms with Gasteiger partial charge in [-0.2, -0.15) is 5.10 Å². The number of hydrogen-bond acceptors (Lipinski definition) is 5. The Kier molecular flexibility index (Phi) is 7.00. The van der Waals surface area contributed by atoms with Gasteiger partial charge in [-0.15, -0.1) is 0 Å². The molecule has 1 amide bonds. The third kappa shape index (κ3) is 5.75. The van der Waals surface area contributed by atoms with Crippen LogP contribution >= 0.6 is 0 Å². The van der Waals surface area contributed by atoms with Crippen molar-refractivity contribution in [3.8, 4) is 11.3 Å². The molecule has 0 fully saturated rings. The molecule has 9 heteroatoms. The highest BCUT2D eigenvalue weighted by Crippen LogP contribution is 2.26. The third-order valence-corrected chi connectivity index (χ3v) is 7.07. The van der Waals surface area contributed by atoms with Crippen LogP contribution in [0.2, 0.25) is 0 Å². The second-order valence-electron chi connectivity index (χ2n) is 8.86. The average molecular weight is 492 g/mol. The second kappa shape index (κ2) is 9.97. The molecule has 0 aliphatic heterocycles. The van der Waals surface area contributed by atoms with Crippen LogP contribution in [0.4, 0.5) is 0 Å². The van der Waals surface area contributed by atoms with E-state index in [-0.39, 0.29) is 17.7 Å². The number of sulfonamides is 1. The molecule has 0 radical (unpaired) electrons. The third-order valence-electron chi connectivity index (χ3n) is 5.53. The normalized spacial score (nSPS) is 11.8. The molecule has 0 bridgehead atoms. The van der Waals surface area contributed by atoms with E-state index in [1.807, 2.05) is 56.4 Å². The molecule has 2 heterocycles. The van der Waals surface area contributed by atoms with Gasteiger partial charge in [0.2, 0.25) is 10.0 Å². The van der Waals surface area contributed by atoms with Crippen molar-refractivity contribution in [1.29, 1.82) is 0 Å². The fourth-order valence-electron chi connectivity index (χ4n) is 4.03. The molecule has 8 nitrogen and oxygen atoms in total. The number of rotatable bonds is 8. The van der Waals surface area contributed by atoms with Gasteiger partial charge in [-0.25, -0.2) is 18.1 Å². The summed E-state index contributed by atoms with van der Waals surface area (Å²) >= 11 is 0. The van der Waals surface area contributed by atoms with Crippen molar-refractivity contribution < 1.29 is 13.2 Å². The molecule has 0 saturated heterocycles. The lowest BCUT2D eigenvalue weighted by Crippen LogP contribution is -2.31. The molecule has 2 aromatic carbocycles. The molecule has 4 aromatic rings. The van der Waals surface area contributed by atoms with Crippen LogP contribution in [0.1, 0.15) is 41.0 Å². The summed E-state index contributed by atoms with van der Waals surface area (Å²) in [6, 6.07) is 18.6. The lowest BCUT2D eigenvalue weighted by atomic mass is 10.0. The van der Waals surface area contributed by atoms with Gasteiger partial charge < -0.3 is 5.32 Å². The smallest absolute Gasteiger partial charge is 0.252 e. The molecule has 2 N–H and O–H groups in total. The molecule has 0 atom stereocenters.